The predicted molar refractivity (Wildman–Crippen MR) is 133 cm³/mol. The molecular formula is C29H40N2O. The normalized spacial score (nSPS) is 22.8. The number of aryl methyl sites for hydroxylation is 2. The second-order valence-electron chi connectivity index (χ2n) is 10.6. The molecule has 2 aromatic carbocycles. The van der Waals surface area contributed by atoms with Gasteiger partial charge in [-0.1, -0.05) is 73.5 Å². The summed E-state index contributed by atoms with van der Waals surface area (Å²) in [7, 11) is 0. The second kappa shape index (κ2) is 9.79. The summed E-state index contributed by atoms with van der Waals surface area (Å²) in [6.45, 7) is 13.8. The van der Waals surface area contributed by atoms with Crippen molar-refractivity contribution in [1.29, 1.82) is 0 Å². The van der Waals surface area contributed by atoms with Crippen LogP contribution in [0.4, 0.5) is 0 Å². The molecule has 3 heteroatoms. The minimum Gasteiger partial charge on any atom is -0.338 e. The van der Waals surface area contributed by atoms with Crippen molar-refractivity contribution in [2.75, 3.05) is 26.2 Å². The van der Waals surface area contributed by atoms with Gasteiger partial charge in [-0.25, -0.2) is 0 Å². The molecule has 172 valence electrons. The quantitative estimate of drug-likeness (QED) is 0.540. The average molecular weight is 433 g/mol. The number of likely N-dealkylation sites (tertiary alicyclic amines) is 2. The van der Waals surface area contributed by atoms with E-state index in [9.17, 15) is 4.79 Å². The van der Waals surface area contributed by atoms with Gasteiger partial charge in [0.05, 0.1) is 5.41 Å². The van der Waals surface area contributed by atoms with Gasteiger partial charge in [0.1, 0.15) is 0 Å². The van der Waals surface area contributed by atoms with Crippen LogP contribution in [0, 0.1) is 25.2 Å². The second-order valence-corrected chi connectivity index (χ2v) is 10.6. The van der Waals surface area contributed by atoms with E-state index in [1.807, 2.05) is 0 Å². The lowest BCUT2D eigenvalue weighted by molar-refractivity contribution is -0.139. The van der Waals surface area contributed by atoms with Gasteiger partial charge in [-0.3, -0.25) is 4.79 Å². The SMILES string of the molecule is Cc1cc(C)cc(CN2CCC(CCN3CCC(c4ccccc4)CC3)(C(C)C)C2=O)c1. The third-order valence-corrected chi connectivity index (χ3v) is 8.03. The first-order valence-electron chi connectivity index (χ1n) is 12.5. The summed E-state index contributed by atoms with van der Waals surface area (Å²) in [4.78, 5) is 18.4. The van der Waals surface area contributed by atoms with Crippen LogP contribution in [-0.4, -0.2) is 41.9 Å². The first-order chi connectivity index (χ1) is 15.4. The van der Waals surface area contributed by atoms with Crippen LogP contribution in [-0.2, 0) is 11.3 Å². The van der Waals surface area contributed by atoms with Gasteiger partial charge in [0.2, 0.25) is 5.91 Å². The number of carbonyl (C=O) groups excluding carboxylic acids is 1. The van der Waals surface area contributed by atoms with Crippen LogP contribution in [0.2, 0.25) is 0 Å². The monoisotopic (exact) mass is 432 g/mol. The summed E-state index contributed by atoms with van der Waals surface area (Å²) in [5, 5.41) is 0. The Morgan fingerprint density at radius 2 is 1.62 bits per heavy atom. The highest BCUT2D eigenvalue weighted by Crippen LogP contribution is 2.43. The molecule has 2 aliphatic rings. The first-order valence-corrected chi connectivity index (χ1v) is 12.5. The zero-order valence-electron chi connectivity index (χ0n) is 20.4. The van der Waals surface area contributed by atoms with Crippen LogP contribution >= 0.6 is 0 Å². The first kappa shape index (κ1) is 23.0. The van der Waals surface area contributed by atoms with E-state index >= 15 is 0 Å². The Hall–Kier alpha value is -2.13. The number of hydrogen-bond acceptors (Lipinski definition) is 2. The van der Waals surface area contributed by atoms with Crippen LogP contribution in [0.1, 0.15) is 67.7 Å². The molecule has 0 aliphatic carbocycles. The fourth-order valence-corrected chi connectivity index (χ4v) is 6.02. The third-order valence-electron chi connectivity index (χ3n) is 8.03. The fraction of sp³-hybridized carbons (Fsp3) is 0.552. The van der Waals surface area contributed by atoms with E-state index in [1.165, 1.54) is 35.1 Å². The largest absolute Gasteiger partial charge is 0.338 e. The Balaban J connectivity index is 1.35. The lowest BCUT2D eigenvalue weighted by atomic mass is 9.73. The highest BCUT2D eigenvalue weighted by molar-refractivity contribution is 5.85. The van der Waals surface area contributed by atoms with E-state index in [0.717, 1.165) is 45.6 Å². The van der Waals surface area contributed by atoms with Crippen molar-refractivity contribution in [3.63, 3.8) is 0 Å². The van der Waals surface area contributed by atoms with Crippen LogP contribution in [0.5, 0.6) is 0 Å². The van der Waals surface area contributed by atoms with Crippen molar-refractivity contribution in [3.05, 3.63) is 70.8 Å². The van der Waals surface area contributed by atoms with E-state index in [-0.39, 0.29) is 5.41 Å². The molecule has 2 aromatic rings. The maximum atomic E-state index is 13.7. The van der Waals surface area contributed by atoms with Crippen molar-refractivity contribution >= 4 is 5.91 Å². The summed E-state index contributed by atoms with van der Waals surface area (Å²) >= 11 is 0. The standard InChI is InChI=1S/C29H40N2O/c1-22(2)29(12-16-30-14-10-27(11-15-30)26-8-6-5-7-9-26)13-17-31(28(29)32)21-25-19-23(3)18-24(4)20-25/h5-9,18-20,22,27H,10-17,21H2,1-4H3. The van der Waals surface area contributed by atoms with Gasteiger partial charge in [0.25, 0.3) is 0 Å². The summed E-state index contributed by atoms with van der Waals surface area (Å²) < 4.78 is 0. The molecule has 2 fully saturated rings. The summed E-state index contributed by atoms with van der Waals surface area (Å²) in [5.41, 5.74) is 5.10. The van der Waals surface area contributed by atoms with E-state index in [4.69, 9.17) is 0 Å². The van der Waals surface area contributed by atoms with Crippen molar-refractivity contribution in [1.82, 2.24) is 9.80 Å². The molecule has 32 heavy (non-hydrogen) atoms. The molecule has 0 radical (unpaired) electrons. The Bertz CT molecular complexity index is 894. The molecule has 3 nitrogen and oxygen atoms in total. The maximum Gasteiger partial charge on any atom is 0.229 e. The zero-order valence-corrected chi connectivity index (χ0v) is 20.4. The molecule has 2 saturated heterocycles. The molecule has 0 bridgehead atoms. The highest BCUT2D eigenvalue weighted by atomic mass is 16.2. The number of piperidine rings is 1. The smallest absolute Gasteiger partial charge is 0.229 e. The molecule has 1 unspecified atom stereocenters. The van der Waals surface area contributed by atoms with Gasteiger partial charge in [0, 0.05) is 13.1 Å². The summed E-state index contributed by atoms with van der Waals surface area (Å²) in [5.74, 6) is 1.44. The van der Waals surface area contributed by atoms with Crippen molar-refractivity contribution in [2.24, 2.45) is 11.3 Å². The minimum atomic E-state index is -0.199. The lowest BCUT2D eigenvalue weighted by Crippen LogP contribution is -2.42. The van der Waals surface area contributed by atoms with E-state index in [2.05, 4.69) is 86.0 Å². The number of rotatable bonds is 7. The molecule has 0 N–H and O–H groups in total. The Kier molecular flexibility index (Phi) is 7.05. The van der Waals surface area contributed by atoms with Crippen LogP contribution in [0.25, 0.3) is 0 Å². The number of carbonyl (C=O) groups is 1. The molecule has 2 aliphatic heterocycles. The average Bonchev–Trinajstić information content (AvgIpc) is 3.09. The Morgan fingerprint density at radius 3 is 2.25 bits per heavy atom. The summed E-state index contributed by atoms with van der Waals surface area (Å²) in [6, 6.07) is 17.6. The Labute approximate surface area is 194 Å². The molecule has 1 atom stereocenters. The number of benzene rings is 2. The minimum absolute atomic E-state index is 0.199. The molecule has 0 aromatic heterocycles. The molecule has 0 saturated carbocycles. The van der Waals surface area contributed by atoms with E-state index in [1.54, 1.807) is 0 Å². The molecule has 4 rings (SSSR count). The lowest BCUT2D eigenvalue weighted by Gasteiger charge is -2.37. The van der Waals surface area contributed by atoms with Crippen molar-refractivity contribution < 1.29 is 4.79 Å². The van der Waals surface area contributed by atoms with Crippen LogP contribution < -0.4 is 0 Å². The number of hydrogen-bond donors (Lipinski definition) is 0. The van der Waals surface area contributed by atoms with Gasteiger partial charge in [-0.05, 0) is 82.1 Å². The molecule has 0 spiro atoms. The molecule has 2 heterocycles. The van der Waals surface area contributed by atoms with Gasteiger partial charge < -0.3 is 9.80 Å². The zero-order chi connectivity index (χ0) is 22.7. The molecule has 1 amide bonds. The highest BCUT2D eigenvalue weighted by Gasteiger charge is 2.48. The predicted octanol–water partition coefficient (Wildman–Crippen LogP) is 5.95. The number of amides is 1. The van der Waals surface area contributed by atoms with E-state index < -0.39 is 0 Å². The van der Waals surface area contributed by atoms with Crippen LogP contribution in [0.3, 0.4) is 0 Å². The number of nitrogens with zero attached hydrogens (tertiary/aromatic N) is 2. The van der Waals surface area contributed by atoms with Crippen LogP contribution in [0.15, 0.2) is 48.5 Å². The maximum absolute atomic E-state index is 13.7. The van der Waals surface area contributed by atoms with Gasteiger partial charge in [-0.2, -0.15) is 0 Å². The van der Waals surface area contributed by atoms with Gasteiger partial charge >= 0.3 is 0 Å². The van der Waals surface area contributed by atoms with Gasteiger partial charge in [-0.15, -0.1) is 0 Å². The fourth-order valence-electron chi connectivity index (χ4n) is 6.02. The molecular weight excluding hydrogens is 392 g/mol. The third kappa shape index (κ3) is 4.93. The van der Waals surface area contributed by atoms with Crippen molar-refractivity contribution in [2.45, 2.75) is 65.8 Å². The summed E-state index contributed by atoms with van der Waals surface area (Å²) in [6.07, 6.45) is 4.44. The topological polar surface area (TPSA) is 23.6 Å². The van der Waals surface area contributed by atoms with Crippen molar-refractivity contribution in [3.8, 4) is 0 Å². The van der Waals surface area contributed by atoms with Gasteiger partial charge in [0.15, 0.2) is 0 Å². The van der Waals surface area contributed by atoms with E-state index in [0.29, 0.717) is 17.7 Å². The Morgan fingerprint density at radius 1 is 0.969 bits per heavy atom.